The Morgan fingerprint density at radius 3 is 1.06 bits per heavy atom. The smallest absolute Gasteiger partial charge is 0.756 e. The third-order valence-electron chi connectivity index (χ3n) is 15.8. The zero-order valence-electron chi connectivity index (χ0n) is 61.2. The number of hydrogen-bond acceptors (Lipinski definition) is 20. The van der Waals surface area contributed by atoms with Crippen molar-refractivity contribution >= 4 is 80.1 Å². The number of anilines is 2. The topological polar surface area (TPSA) is 295 Å². The zero-order valence-corrected chi connectivity index (χ0v) is 70.5. The van der Waals surface area contributed by atoms with Crippen molar-refractivity contribution in [2.75, 3.05) is 45.0 Å². The average Bonchev–Trinajstić information content (AvgIpc) is 0.824. The summed E-state index contributed by atoms with van der Waals surface area (Å²) in [6, 6.07) is 9.91. The van der Waals surface area contributed by atoms with Gasteiger partial charge in [0.25, 0.3) is 15.6 Å². The summed E-state index contributed by atoms with van der Waals surface area (Å²) >= 11 is 12.2. The van der Waals surface area contributed by atoms with Crippen molar-refractivity contribution in [3.63, 3.8) is 0 Å². The molecule has 2 aromatic carbocycles. The predicted octanol–water partition coefficient (Wildman–Crippen LogP) is 8.37. The molecule has 2 aromatic rings. The molecular formula is C71H118Cl2NNa3O19P2. The van der Waals surface area contributed by atoms with Crippen LogP contribution in [0.1, 0.15) is 300 Å². The fraction of sp³-hybridized carbons (Fsp3) is 0.761. The summed E-state index contributed by atoms with van der Waals surface area (Å²) in [6.45, 7) is 6.21. The second kappa shape index (κ2) is 67.0. The first-order valence-electron chi connectivity index (χ1n) is 35.8. The minimum absolute atomic E-state index is 0. The van der Waals surface area contributed by atoms with E-state index in [1.165, 1.54) is 109 Å². The van der Waals surface area contributed by atoms with E-state index in [-0.39, 0.29) is 120 Å². The van der Waals surface area contributed by atoms with Gasteiger partial charge >= 0.3 is 113 Å². The molecule has 0 aromatic heterocycles. The largest absolute Gasteiger partial charge is 1.00 e. The summed E-state index contributed by atoms with van der Waals surface area (Å²) in [5.74, 6) is -3.50. The number of carboxylic acids is 1. The van der Waals surface area contributed by atoms with Gasteiger partial charge in [-0.05, 0) is 50.3 Å². The molecule has 0 amide bonds. The maximum atomic E-state index is 12.8. The first-order valence-corrected chi connectivity index (χ1v) is 39.4. The molecule has 20 nitrogen and oxygen atoms in total. The Labute approximate surface area is 664 Å². The number of aryl methyl sites for hydroxylation is 1. The van der Waals surface area contributed by atoms with E-state index in [9.17, 15) is 53.1 Å². The number of para-hydroxylation sites is 1. The van der Waals surface area contributed by atoms with Crippen molar-refractivity contribution in [1.82, 2.24) is 0 Å². The van der Waals surface area contributed by atoms with Gasteiger partial charge < -0.3 is 67.2 Å². The maximum absolute atomic E-state index is 12.8. The molecule has 0 saturated heterocycles. The van der Waals surface area contributed by atoms with Gasteiger partial charge in [0.1, 0.15) is 19.3 Å². The van der Waals surface area contributed by atoms with E-state index in [0.29, 0.717) is 47.1 Å². The summed E-state index contributed by atoms with van der Waals surface area (Å²) < 4.78 is 66.7. The van der Waals surface area contributed by atoms with E-state index in [1.807, 2.05) is 6.92 Å². The number of carbonyl (C=O) groups is 5. The maximum Gasteiger partial charge on any atom is 1.00 e. The summed E-state index contributed by atoms with van der Waals surface area (Å²) in [5.41, 5.74) is 1.77. The van der Waals surface area contributed by atoms with Gasteiger partial charge in [-0.1, -0.05) is 281 Å². The molecule has 4 unspecified atom stereocenters. The summed E-state index contributed by atoms with van der Waals surface area (Å²) in [7, 11) is -10.4. The van der Waals surface area contributed by atoms with E-state index in [1.54, 1.807) is 30.3 Å². The van der Waals surface area contributed by atoms with Crippen molar-refractivity contribution < 1.29 is 179 Å². The monoisotopic (exact) mass is 1490 g/mol. The van der Waals surface area contributed by atoms with Crippen LogP contribution in [0.5, 0.6) is 0 Å². The Balaban J connectivity index is -0.00000348. The van der Waals surface area contributed by atoms with Crippen molar-refractivity contribution in [2.45, 2.75) is 310 Å². The number of phosphoric ester groups is 2. The number of carbonyl (C=O) groups excluding carboxylic acids is 5. The summed E-state index contributed by atoms with van der Waals surface area (Å²) in [4.78, 5) is 87.3. The van der Waals surface area contributed by atoms with Gasteiger partial charge in [0.05, 0.1) is 48.1 Å². The molecule has 0 spiro atoms. The van der Waals surface area contributed by atoms with Gasteiger partial charge in [-0.25, -0.2) is 0 Å². The number of halogens is 2. The molecule has 0 heterocycles. The van der Waals surface area contributed by atoms with Crippen LogP contribution in [0.15, 0.2) is 36.4 Å². The number of aliphatic hydroxyl groups excluding tert-OH is 1. The van der Waals surface area contributed by atoms with Crippen LogP contribution in [0, 0.1) is 6.92 Å². The van der Waals surface area contributed by atoms with Gasteiger partial charge in [-0.15, -0.1) is 0 Å². The number of aromatic carboxylic acids is 1. The molecule has 98 heavy (non-hydrogen) atoms. The second-order valence-corrected chi connectivity index (χ2v) is 28.3. The Bertz CT molecular complexity index is 2350. The molecule has 0 bridgehead atoms. The zero-order chi connectivity index (χ0) is 70.2. The standard InChI is InChI=1S/C57H110O17P2.C14H11Cl2NO2.3Na/c1-5-9-13-17-21-25-29-33-37-41-54(59)67-47-52(73-56(61)43-39-35-31-27-23-19-15-11-7-3)49-71-75(63,64)69-45-51(58)46-70-76(65,66)72-50-53(74-57(62)44-40-36-32-28-24-20-16-12-8-4)48-68-55(60)42-38-34-30-26-22-18-14-10-6-2;1-8-6-7-10(15)13(12(8)16)17-11-5-3-2-4-9(11)14(18)19;;;/h51-53,58H,5-50H2,1-4H3,(H,63,64)(H,65,66);2-7,17H,1H3,(H,18,19);;;/q;;3*+1/p-3. The third-order valence-corrected chi connectivity index (χ3v) is 18.4. The molecule has 0 radical (unpaired) electrons. The number of unbranched alkanes of at least 4 members (excludes halogenated alkanes) is 32. The van der Waals surface area contributed by atoms with Crippen LogP contribution in [0.2, 0.25) is 10.0 Å². The second-order valence-electron chi connectivity index (χ2n) is 24.6. The Hall–Kier alpha value is -0.650. The predicted molar refractivity (Wildman–Crippen MR) is 369 cm³/mol. The number of hydrogen-bond donors (Lipinski definition) is 2. The Morgan fingerprint density at radius 2 is 0.735 bits per heavy atom. The number of esters is 4. The quantitative estimate of drug-likeness (QED) is 0.0207. The minimum Gasteiger partial charge on any atom is -0.756 e. The number of rotatable bonds is 61. The van der Waals surface area contributed by atoms with Crippen LogP contribution >= 0.6 is 38.8 Å². The number of carboxylic acid groups (broad SMARTS) is 1. The van der Waals surface area contributed by atoms with Crippen LogP contribution in [0.25, 0.3) is 0 Å². The fourth-order valence-electron chi connectivity index (χ4n) is 10.1. The van der Waals surface area contributed by atoms with E-state index < -0.39 is 103 Å². The first-order chi connectivity index (χ1) is 45.7. The molecule has 2 rings (SSSR count). The molecule has 548 valence electrons. The van der Waals surface area contributed by atoms with Gasteiger partial charge in [-0.3, -0.25) is 28.3 Å². The van der Waals surface area contributed by atoms with Crippen molar-refractivity contribution in [3.05, 3.63) is 57.6 Å². The molecular weight excluding hydrogens is 1370 g/mol. The van der Waals surface area contributed by atoms with Crippen LogP contribution in [-0.2, 0) is 65.4 Å². The molecule has 4 atom stereocenters. The minimum atomic E-state index is -5.20. The molecule has 0 fully saturated rings. The van der Waals surface area contributed by atoms with E-state index in [2.05, 4.69) is 33.0 Å². The molecule has 0 saturated carbocycles. The number of aliphatic hydroxyl groups is 1. The van der Waals surface area contributed by atoms with Gasteiger partial charge in [-0.2, -0.15) is 0 Å². The van der Waals surface area contributed by atoms with Crippen molar-refractivity contribution in [2.24, 2.45) is 0 Å². The van der Waals surface area contributed by atoms with Gasteiger partial charge in [0, 0.05) is 36.9 Å². The average molecular weight is 1490 g/mol. The number of phosphoric acid groups is 2. The van der Waals surface area contributed by atoms with Crippen LogP contribution in [0.4, 0.5) is 11.4 Å². The molecule has 27 heteroatoms. The Morgan fingerprint density at radius 1 is 0.439 bits per heavy atom. The third kappa shape index (κ3) is 57.6. The summed E-state index contributed by atoms with van der Waals surface area (Å²) in [5, 5.41) is 25.3. The molecule has 2 N–H and O–H groups in total. The number of ether oxygens (including phenoxy) is 4. The first kappa shape index (κ1) is 102. The fourth-order valence-corrected chi connectivity index (χ4v) is 12.1. The van der Waals surface area contributed by atoms with Crippen LogP contribution in [-0.4, -0.2) is 92.9 Å². The van der Waals surface area contributed by atoms with Crippen molar-refractivity contribution in [1.29, 1.82) is 0 Å². The van der Waals surface area contributed by atoms with E-state index in [4.69, 9.17) is 60.2 Å². The molecule has 0 aliphatic heterocycles. The Kier molecular flexibility index (Phi) is 69.4. The van der Waals surface area contributed by atoms with Crippen LogP contribution < -0.4 is 109 Å². The SMILES string of the molecule is CCCCCCCCCCCC(=O)OCC(COP(=O)([O-])OCC(O)COP(=O)([O-])OCC(COC(=O)CCCCCCCCCCC)OC(=O)CCCCCCCCCCC)OC(=O)CCCCCCCCCCC.Cc1ccc(Cl)c(Nc2ccccc2C(=O)[O-])c1Cl.[Na+].[Na+].[Na+]. The molecule has 0 aliphatic carbocycles. The normalized spacial score (nSPS) is 13.1. The number of nitrogens with one attached hydrogen (secondary N) is 1. The van der Waals surface area contributed by atoms with Crippen molar-refractivity contribution in [3.8, 4) is 0 Å². The molecule has 0 aliphatic rings. The number of benzene rings is 2. The van der Waals surface area contributed by atoms with Crippen LogP contribution in [0.3, 0.4) is 0 Å². The van der Waals surface area contributed by atoms with E-state index in [0.717, 1.165) is 108 Å². The van der Waals surface area contributed by atoms with Gasteiger partial charge in [0.2, 0.25) is 0 Å². The summed E-state index contributed by atoms with van der Waals surface area (Å²) in [6.07, 6.45) is 34.2. The van der Waals surface area contributed by atoms with Gasteiger partial charge in [0.15, 0.2) is 12.2 Å². The van der Waals surface area contributed by atoms with E-state index >= 15 is 0 Å².